The van der Waals surface area contributed by atoms with Gasteiger partial charge in [0.25, 0.3) is 12.1 Å². The molecule has 7 heteroatoms. The Morgan fingerprint density at radius 1 is 1.50 bits per heavy atom. The van der Waals surface area contributed by atoms with Crippen molar-refractivity contribution in [1.29, 1.82) is 0 Å². The number of hydrogen-bond donors (Lipinski definition) is 0. The molecule has 0 spiro atoms. The summed E-state index contributed by atoms with van der Waals surface area (Å²) in [6, 6.07) is 0. The van der Waals surface area contributed by atoms with Crippen molar-refractivity contribution in [2.24, 2.45) is 5.92 Å². The molecule has 0 saturated carbocycles. The summed E-state index contributed by atoms with van der Waals surface area (Å²) >= 11 is 0. The second-order valence-corrected chi connectivity index (χ2v) is 6.16. The SMILES string of the molecule is CC[C@@]12COC([C@H]([n+]3cnc(-n4cncn4)c(C)c3)O1)[C@H]2C. The van der Waals surface area contributed by atoms with Crippen LogP contribution in [0.15, 0.2) is 25.2 Å². The molecule has 2 aromatic heterocycles. The molecule has 2 bridgehead atoms. The number of ether oxygens (including phenoxy) is 2. The number of fused-ring (bicyclic) bond motifs is 2. The number of aryl methyl sites for hydroxylation is 1. The highest BCUT2D eigenvalue weighted by Crippen LogP contribution is 2.48. The third-order valence-corrected chi connectivity index (χ3v) is 5.02. The van der Waals surface area contributed by atoms with E-state index in [-0.39, 0.29) is 17.9 Å². The van der Waals surface area contributed by atoms with Gasteiger partial charge in [-0.3, -0.25) is 0 Å². The van der Waals surface area contributed by atoms with Crippen molar-refractivity contribution in [2.45, 2.75) is 45.1 Å². The molecule has 116 valence electrons. The Kier molecular flexibility index (Phi) is 3.02. The zero-order chi connectivity index (χ0) is 15.3. The van der Waals surface area contributed by atoms with E-state index in [0.717, 1.165) is 17.8 Å². The van der Waals surface area contributed by atoms with Crippen LogP contribution in [0.4, 0.5) is 0 Å². The fourth-order valence-electron chi connectivity index (χ4n) is 3.56. The number of nitrogens with zero attached hydrogens (tertiary/aromatic N) is 5. The van der Waals surface area contributed by atoms with Crippen molar-refractivity contribution < 1.29 is 14.0 Å². The summed E-state index contributed by atoms with van der Waals surface area (Å²) in [6.45, 7) is 7.07. The van der Waals surface area contributed by atoms with Crippen molar-refractivity contribution in [3.05, 3.63) is 30.7 Å². The average Bonchev–Trinajstić information content (AvgIpc) is 3.23. The van der Waals surface area contributed by atoms with Crippen LogP contribution in [-0.4, -0.2) is 38.1 Å². The minimum absolute atomic E-state index is 0.0865. The molecule has 2 saturated heterocycles. The Morgan fingerprint density at radius 2 is 2.36 bits per heavy atom. The second kappa shape index (κ2) is 4.82. The molecule has 2 aliphatic heterocycles. The molecule has 4 heterocycles. The minimum Gasteiger partial charge on any atom is -0.368 e. The van der Waals surface area contributed by atoms with E-state index in [9.17, 15) is 0 Å². The Labute approximate surface area is 128 Å². The van der Waals surface area contributed by atoms with Gasteiger partial charge in [-0.25, -0.2) is 9.55 Å². The van der Waals surface area contributed by atoms with Crippen LogP contribution < -0.4 is 4.57 Å². The van der Waals surface area contributed by atoms with E-state index in [4.69, 9.17) is 9.47 Å². The van der Waals surface area contributed by atoms with Gasteiger partial charge in [-0.1, -0.05) is 13.8 Å². The first kappa shape index (κ1) is 13.8. The van der Waals surface area contributed by atoms with E-state index >= 15 is 0 Å². The normalized spacial score (nSPS) is 33.5. The van der Waals surface area contributed by atoms with Crippen molar-refractivity contribution in [1.82, 2.24) is 19.7 Å². The Balaban J connectivity index is 1.66. The smallest absolute Gasteiger partial charge is 0.291 e. The molecule has 2 aliphatic rings. The Hall–Kier alpha value is -1.86. The molecular formula is C15H20N5O2+. The molecule has 22 heavy (non-hydrogen) atoms. The van der Waals surface area contributed by atoms with Crippen LogP contribution in [0, 0.1) is 12.8 Å². The third kappa shape index (κ3) is 1.82. The second-order valence-electron chi connectivity index (χ2n) is 6.16. The fourth-order valence-corrected chi connectivity index (χ4v) is 3.56. The maximum atomic E-state index is 6.34. The topological polar surface area (TPSA) is 65.9 Å². The maximum Gasteiger partial charge on any atom is 0.291 e. The monoisotopic (exact) mass is 302 g/mol. The van der Waals surface area contributed by atoms with Crippen LogP contribution in [0.2, 0.25) is 0 Å². The molecule has 2 fully saturated rings. The number of aromatic nitrogens is 5. The standard InChI is InChI=1S/C15H20N5O2/c1-4-15-6-21-12(11(15)3)14(22-15)19-5-10(2)13(17-9-19)20-8-16-7-18-20/h5,7-9,11-12,14H,4,6H2,1-3H3/q+1/t11-,12?,14-,15+/m1/s1. The Morgan fingerprint density at radius 3 is 3.00 bits per heavy atom. The molecule has 0 radical (unpaired) electrons. The summed E-state index contributed by atoms with van der Waals surface area (Å²) in [5.74, 6) is 1.17. The van der Waals surface area contributed by atoms with E-state index in [2.05, 4.69) is 28.9 Å². The van der Waals surface area contributed by atoms with Gasteiger partial charge in [-0.2, -0.15) is 9.78 Å². The van der Waals surface area contributed by atoms with Crippen molar-refractivity contribution in [3.8, 4) is 5.82 Å². The van der Waals surface area contributed by atoms with Gasteiger partial charge in [-0.15, -0.1) is 0 Å². The van der Waals surface area contributed by atoms with E-state index in [1.165, 1.54) is 6.33 Å². The van der Waals surface area contributed by atoms with Gasteiger partial charge in [0.05, 0.1) is 12.2 Å². The largest absolute Gasteiger partial charge is 0.368 e. The lowest BCUT2D eigenvalue weighted by molar-refractivity contribution is -0.774. The summed E-state index contributed by atoms with van der Waals surface area (Å²) < 4.78 is 16.0. The van der Waals surface area contributed by atoms with Gasteiger partial charge >= 0.3 is 0 Å². The summed E-state index contributed by atoms with van der Waals surface area (Å²) in [5, 5.41) is 4.13. The molecule has 4 rings (SSSR count). The van der Waals surface area contributed by atoms with Crippen LogP contribution in [0.5, 0.6) is 0 Å². The molecule has 0 amide bonds. The van der Waals surface area contributed by atoms with Crippen LogP contribution in [-0.2, 0) is 9.47 Å². The van der Waals surface area contributed by atoms with Crippen LogP contribution in [0.3, 0.4) is 0 Å². The summed E-state index contributed by atoms with van der Waals surface area (Å²) in [4.78, 5) is 8.47. The molecular weight excluding hydrogens is 282 g/mol. The zero-order valence-corrected chi connectivity index (χ0v) is 13.0. The first-order chi connectivity index (χ1) is 10.6. The lowest BCUT2D eigenvalue weighted by Crippen LogP contribution is -2.49. The lowest BCUT2D eigenvalue weighted by atomic mass is 9.88. The van der Waals surface area contributed by atoms with E-state index in [0.29, 0.717) is 12.5 Å². The van der Waals surface area contributed by atoms with Crippen molar-refractivity contribution in [3.63, 3.8) is 0 Å². The summed E-state index contributed by atoms with van der Waals surface area (Å²) in [6.07, 6.45) is 7.91. The predicted octanol–water partition coefficient (Wildman–Crippen LogP) is 0.971. The highest BCUT2D eigenvalue weighted by molar-refractivity contribution is 5.26. The fraction of sp³-hybridized carbons (Fsp3) is 0.600. The molecule has 4 atom stereocenters. The molecule has 0 N–H and O–H groups in total. The average molecular weight is 302 g/mol. The van der Waals surface area contributed by atoms with Gasteiger partial charge < -0.3 is 9.47 Å². The molecule has 7 nitrogen and oxygen atoms in total. The van der Waals surface area contributed by atoms with Crippen LogP contribution in [0.1, 0.15) is 32.1 Å². The van der Waals surface area contributed by atoms with E-state index in [1.54, 1.807) is 17.3 Å². The van der Waals surface area contributed by atoms with Gasteiger partial charge in [0.2, 0.25) is 6.23 Å². The highest BCUT2D eigenvalue weighted by Gasteiger charge is 2.60. The predicted molar refractivity (Wildman–Crippen MR) is 76.1 cm³/mol. The summed E-state index contributed by atoms with van der Waals surface area (Å²) in [5.41, 5.74) is 0.860. The maximum absolute atomic E-state index is 6.34. The molecule has 2 aromatic rings. The van der Waals surface area contributed by atoms with E-state index in [1.807, 2.05) is 17.7 Å². The summed E-state index contributed by atoms with van der Waals surface area (Å²) in [7, 11) is 0. The van der Waals surface area contributed by atoms with Crippen LogP contribution in [0.25, 0.3) is 5.82 Å². The van der Waals surface area contributed by atoms with E-state index < -0.39 is 0 Å². The first-order valence-corrected chi connectivity index (χ1v) is 7.66. The van der Waals surface area contributed by atoms with Gasteiger partial charge in [0, 0.05) is 5.92 Å². The van der Waals surface area contributed by atoms with Crippen LogP contribution >= 0.6 is 0 Å². The number of hydrogen-bond acceptors (Lipinski definition) is 5. The first-order valence-electron chi connectivity index (χ1n) is 7.66. The lowest BCUT2D eigenvalue weighted by Gasteiger charge is -2.29. The zero-order valence-electron chi connectivity index (χ0n) is 13.0. The van der Waals surface area contributed by atoms with Crippen molar-refractivity contribution >= 4 is 0 Å². The van der Waals surface area contributed by atoms with Gasteiger partial charge in [0.15, 0.2) is 0 Å². The molecule has 0 aromatic carbocycles. The van der Waals surface area contributed by atoms with Gasteiger partial charge in [0.1, 0.15) is 30.6 Å². The third-order valence-electron chi connectivity index (χ3n) is 5.02. The van der Waals surface area contributed by atoms with Crippen molar-refractivity contribution in [2.75, 3.05) is 6.61 Å². The quantitative estimate of drug-likeness (QED) is 0.791. The Bertz CT molecular complexity index is 689. The molecule has 1 unspecified atom stereocenters. The highest BCUT2D eigenvalue weighted by atomic mass is 16.6. The molecule has 0 aliphatic carbocycles. The minimum atomic E-state index is -0.152. The van der Waals surface area contributed by atoms with Gasteiger partial charge in [-0.05, 0) is 18.3 Å². The number of rotatable bonds is 3.